The lowest BCUT2D eigenvalue weighted by Crippen LogP contribution is -2.34. The first-order valence-electron chi connectivity index (χ1n) is 10.2. The molecular weight excluding hydrogens is 489 g/mol. The van der Waals surface area contributed by atoms with Crippen LogP contribution in [0.4, 0.5) is 10.5 Å². The molecule has 2 atom stereocenters. The molecule has 1 aliphatic rings. The molecule has 33 heavy (non-hydrogen) atoms. The van der Waals surface area contributed by atoms with Crippen molar-refractivity contribution in [2.24, 2.45) is 5.73 Å². The third-order valence-electron chi connectivity index (χ3n) is 5.86. The van der Waals surface area contributed by atoms with Crippen LogP contribution in [-0.4, -0.2) is 43.7 Å². The Labute approximate surface area is 202 Å². The molecule has 3 rings (SSSR count). The van der Waals surface area contributed by atoms with Gasteiger partial charge in [0.05, 0.1) is 28.0 Å². The second kappa shape index (κ2) is 9.79. The lowest BCUT2D eigenvalue weighted by atomic mass is 9.74. The summed E-state index contributed by atoms with van der Waals surface area (Å²) in [6.45, 7) is 0. The van der Waals surface area contributed by atoms with Crippen molar-refractivity contribution in [2.45, 2.75) is 37.6 Å². The molecule has 0 radical (unpaired) electrons. The highest BCUT2D eigenvalue weighted by molar-refractivity contribution is 7.92. The smallest absolute Gasteiger partial charge is 0.407 e. The van der Waals surface area contributed by atoms with Gasteiger partial charge in [0.2, 0.25) is 15.9 Å². The Bertz CT molecular complexity index is 1200. The third kappa shape index (κ3) is 5.72. The van der Waals surface area contributed by atoms with E-state index in [-0.39, 0.29) is 18.8 Å². The van der Waals surface area contributed by atoms with Gasteiger partial charge in [0.25, 0.3) is 0 Å². The van der Waals surface area contributed by atoms with Gasteiger partial charge in [0.1, 0.15) is 0 Å². The molecule has 0 fully saturated rings. The van der Waals surface area contributed by atoms with Crippen LogP contribution in [0.2, 0.25) is 10.0 Å². The number of anilines is 1. The summed E-state index contributed by atoms with van der Waals surface area (Å²) in [5.74, 6) is -0.661. The van der Waals surface area contributed by atoms with Crippen molar-refractivity contribution in [1.82, 2.24) is 4.90 Å². The van der Waals surface area contributed by atoms with Crippen molar-refractivity contribution in [3.63, 3.8) is 0 Å². The minimum Gasteiger partial charge on any atom is -0.465 e. The van der Waals surface area contributed by atoms with Crippen molar-refractivity contribution in [3.8, 4) is 0 Å². The summed E-state index contributed by atoms with van der Waals surface area (Å²) in [5.41, 5.74) is 8.66. The number of halogens is 2. The van der Waals surface area contributed by atoms with Gasteiger partial charge in [-0.3, -0.25) is 9.52 Å². The quantitative estimate of drug-likeness (QED) is 0.506. The highest BCUT2D eigenvalue weighted by Gasteiger charge is 2.35. The van der Waals surface area contributed by atoms with E-state index in [1.165, 1.54) is 11.9 Å². The second-order valence-electron chi connectivity index (χ2n) is 8.15. The van der Waals surface area contributed by atoms with E-state index in [1.54, 1.807) is 24.3 Å². The van der Waals surface area contributed by atoms with Gasteiger partial charge in [0.15, 0.2) is 0 Å². The number of rotatable bonds is 7. The summed E-state index contributed by atoms with van der Waals surface area (Å²) in [5, 5.41) is 10.5. The van der Waals surface area contributed by atoms with Gasteiger partial charge in [-0.15, -0.1) is 0 Å². The molecular formula is C22H25Cl2N3O5S. The van der Waals surface area contributed by atoms with Gasteiger partial charge in [-0.25, -0.2) is 13.2 Å². The molecule has 0 saturated carbocycles. The number of nitrogens with one attached hydrogen (secondary N) is 1. The lowest BCUT2D eigenvalue weighted by Gasteiger charge is -2.38. The zero-order chi connectivity index (χ0) is 24.5. The second-order valence-corrected chi connectivity index (χ2v) is 10.7. The number of carbonyl (C=O) groups is 2. The molecule has 4 N–H and O–H groups in total. The minimum atomic E-state index is -3.62. The van der Waals surface area contributed by atoms with Gasteiger partial charge in [-0.2, -0.15) is 0 Å². The predicted molar refractivity (Wildman–Crippen MR) is 128 cm³/mol. The van der Waals surface area contributed by atoms with Crippen molar-refractivity contribution >= 4 is 50.9 Å². The number of carbonyl (C=O) groups excluding carboxylic acids is 1. The van der Waals surface area contributed by atoms with Gasteiger partial charge in [0, 0.05) is 19.4 Å². The normalized spacial score (nSPS) is 17.8. The molecule has 0 aromatic heterocycles. The molecule has 0 unspecified atom stereocenters. The van der Waals surface area contributed by atoms with Crippen molar-refractivity contribution in [1.29, 1.82) is 0 Å². The number of hydrogen-bond donors (Lipinski definition) is 3. The third-order valence-corrected chi connectivity index (χ3v) is 7.19. The van der Waals surface area contributed by atoms with Crippen molar-refractivity contribution < 1.29 is 23.1 Å². The van der Waals surface area contributed by atoms with Crippen LogP contribution in [0.5, 0.6) is 0 Å². The maximum absolute atomic E-state index is 12.0. The summed E-state index contributed by atoms with van der Waals surface area (Å²) in [4.78, 5) is 24.6. The molecule has 2 aromatic rings. The summed E-state index contributed by atoms with van der Waals surface area (Å²) >= 11 is 12.3. The monoisotopic (exact) mass is 513 g/mol. The van der Waals surface area contributed by atoms with Gasteiger partial charge < -0.3 is 15.7 Å². The largest absolute Gasteiger partial charge is 0.465 e. The average Bonchev–Trinajstić information content (AvgIpc) is 2.72. The minimum absolute atomic E-state index is 0.0180. The summed E-state index contributed by atoms with van der Waals surface area (Å²) < 4.78 is 26.5. The Kier molecular flexibility index (Phi) is 7.45. The maximum atomic E-state index is 12.0. The zero-order valence-electron chi connectivity index (χ0n) is 18.1. The van der Waals surface area contributed by atoms with Crippen LogP contribution in [0.15, 0.2) is 30.3 Å². The van der Waals surface area contributed by atoms with Crippen LogP contribution in [0.3, 0.4) is 0 Å². The highest BCUT2D eigenvalue weighted by Crippen LogP contribution is 2.47. The first kappa shape index (κ1) is 25.1. The summed E-state index contributed by atoms with van der Waals surface area (Å²) in [6, 6.07) is 8.28. The topological polar surface area (TPSA) is 130 Å². The summed E-state index contributed by atoms with van der Waals surface area (Å²) in [6.07, 6.45) is 1.20. The van der Waals surface area contributed by atoms with Crippen LogP contribution in [0, 0.1) is 0 Å². The fraction of sp³-hybridized carbons (Fsp3) is 0.364. The Morgan fingerprint density at radius 2 is 1.88 bits per heavy atom. The zero-order valence-corrected chi connectivity index (χ0v) is 20.5. The average molecular weight is 514 g/mol. The van der Waals surface area contributed by atoms with Crippen LogP contribution in [0.1, 0.15) is 53.5 Å². The maximum Gasteiger partial charge on any atom is 0.407 e. The molecule has 1 aliphatic carbocycles. The highest BCUT2D eigenvalue weighted by atomic mass is 35.5. The molecule has 0 heterocycles. The van der Waals surface area contributed by atoms with Crippen LogP contribution < -0.4 is 10.5 Å². The van der Waals surface area contributed by atoms with E-state index in [9.17, 15) is 23.1 Å². The SMILES string of the molecule is CN(C(=O)O)[C@H]1CC[C@@H](c2ccc(Cl)c(Cl)c2)c2ccc(NS(C)(=O)=O)c(CCC(N)=O)c21. The molecule has 0 spiro atoms. The van der Waals surface area contributed by atoms with Crippen molar-refractivity contribution in [2.75, 3.05) is 18.0 Å². The molecule has 2 aromatic carbocycles. The number of hydrogen-bond acceptors (Lipinski definition) is 4. The fourth-order valence-corrected chi connectivity index (χ4v) is 5.31. The van der Waals surface area contributed by atoms with E-state index in [2.05, 4.69) is 4.72 Å². The van der Waals surface area contributed by atoms with E-state index in [4.69, 9.17) is 28.9 Å². The van der Waals surface area contributed by atoms with E-state index < -0.39 is 28.1 Å². The van der Waals surface area contributed by atoms with E-state index in [0.717, 1.165) is 17.4 Å². The number of sulfonamides is 1. The molecule has 2 amide bonds. The Hall–Kier alpha value is -2.49. The molecule has 11 heteroatoms. The number of carboxylic acid groups (broad SMARTS) is 1. The number of nitrogens with zero attached hydrogens (tertiary/aromatic N) is 1. The predicted octanol–water partition coefficient (Wildman–Crippen LogP) is 4.36. The van der Waals surface area contributed by atoms with Crippen molar-refractivity contribution in [3.05, 3.63) is 62.6 Å². The first-order chi connectivity index (χ1) is 15.4. The van der Waals surface area contributed by atoms with E-state index in [0.29, 0.717) is 39.7 Å². The van der Waals surface area contributed by atoms with Gasteiger partial charge in [-0.05, 0) is 59.7 Å². The van der Waals surface area contributed by atoms with Crippen LogP contribution >= 0.6 is 23.2 Å². The molecule has 8 nitrogen and oxygen atoms in total. The van der Waals surface area contributed by atoms with E-state index >= 15 is 0 Å². The Morgan fingerprint density at radius 3 is 2.45 bits per heavy atom. The Balaban J connectivity index is 2.25. The standard InChI is InChI=1S/C22H25Cl2N3O5S/c1-27(22(29)30)19-9-5-13(12-3-7-16(23)17(24)11-12)14-4-8-18(26-33(2,31)32)15(21(14)19)6-10-20(25)28/h3-4,7-8,11,13,19,26H,5-6,9-10H2,1-2H3,(H2,25,28)(H,29,30)/t13-,19-/m0/s1. The number of amides is 2. The van der Waals surface area contributed by atoms with Gasteiger partial charge >= 0.3 is 6.09 Å². The molecule has 0 aliphatic heterocycles. The van der Waals surface area contributed by atoms with Crippen LogP contribution in [0.25, 0.3) is 0 Å². The molecule has 0 bridgehead atoms. The van der Waals surface area contributed by atoms with Gasteiger partial charge in [-0.1, -0.05) is 35.3 Å². The number of primary amides is 1. The molecule has 0 saturated heterocycles. The van der Waals surface area contributed by atoms with Crippen LogP contribution in [-0.2, 0) is 21.2 Å². The Morgan fingerprint density at radius 1 is 1.18 bits per heavy atom. The fourth-order valence-electron chi connectivity index (χ4n) is 4.41. The summed E-state index contributed by atoms with van der Waals surface area (Å²) in [7, 11) is -2.15. The molecule has 178 valence electrons. The first-order valence-corrected chi connectivity index (χ1v) is 12.9. The number of benzene rings is 2. The lowest BCUT2D eigenvalue weighted by molar-refractivity contribution is -0.118. The number of nitrogens with two attached hydrogens (primary N) is 1. The van der Waals surface area contributed by atoms with E-state index in [1.807, 2.05) is 6.07 Å². The number of fused-ring (bicyclic) bond motifs is 1.